The van der Waals surface area contributed by atoms with Gasteiger partial charge in [-0.1, -0.05) is 41.9 Å². The van der Waals surface area contributed by atoms with Gasteiger partial charge >= 0.3 is 11.8 Å². The Hall–Kier alpha value is -3.06. The van der Waals surface area contributed by atoms with Gasteiger partial charge in [-0.15, -0.1) is 0 Å². The van der Waals surface area contributed by atoms with Crippen LogP contribution < -0.4 is 10.1 Å². The average molecular weight is 402 g/mol. The summed E-state index contributed by atoms with van der Waals surface area (Å²) in [4.78, 5) is 39.8. The zero-order chi connectivity index (χ0) is 20.1. The first-order valence-corrected chi connectivity index (χ1v) is 9.11. The van der Waals surface area contributed by atoms with Crippen molar-refractivity contribution in [1.82, 2.24) is 9.80 Å². The van der Waals surface area contributed by atoms with Gasteiger partial charge in [-0.3, -0.25) is 14.4 Å². The number of carbonyl (C=O) groups excluding carboxylic acids is 3. The average Bonchev–Trinajstić information content (AvgIpc) is 2.69. The number of rotatable bonds is 6. The molecule has 0 atom stereocenters. The monoisotopic (exact) mass is 401 g/mol. The van der Waals surface area contributed by atoms with Crippen LogP contribution in [-0.4, -0.2) is 54.3 Å². The second-order valence-corrected chi connectivity index (χ2v) is 6.74. The largest absolute Gasteiger partial charge is 0.495 e. The zero-order valence-corrected chi connectivity index (χ0v) is 16.1. The fraction of sp³-hybridized carbons (Fsp3) is 0.250. The molecular weight excluding hydrogens is 382 g/mol. The van der Waals surface area contributed by atoms with Gasteiger partial charge in [-0.05, 0) is 23.8 Å². The lowest BCUT2D eigenvalue weighted by Crippen LogP contribution is -2.55. The summed E-state index contributed by atoms with van der Waals surface area (Å²) in [5, 5.41) is 3.03. The van der Waals surface area contributed by atoms with E-state index < -0.39 is 17.7 Å². The fourth-order valence-electron chi connectivity index (χ4n) is 2.94. The maximum Gasteiger partial charge on any atom is 0.312 e. The van der Waals surface area contributed by atoms with E-state index in [-0.39, 0.29) is 6.54 Å². The van der Waals surface area contributed by atoms with Crippen LogP contribution in [0.3, 0.4) is 0 Å². The second kappa shape index (κ2) is 8.75. The number of hydrogen-bond donors (Lipinski definition) is 1. The Morgan fingerprint density at radius 1 is 1.07 bits per heavy atom. The number of nitrogens with zero attached hydrogens (tertiary/aromatic N) is 2. The minimum absolute atomic E-state index is 0.201. The summed E-state index contributed by atoms with van der Waals surface area (Å²) in [5.41, 5.74) is 1.43. The Labute approximate surface area is 167 Å². The molecule has 0 aliphatic carbocycles. The van der Waals surface area contributed by atoms with Crippen molar-refractivity contribution in [3.05, 3.63) is 59.1 Å². The van der Waals surface area contributed by atoms with Crippen LogP contribution in [0.15, 0.2) is 48.5 Å². The predicted molar refractivity (Wildman–Crippen MR) is 105 cm³/mol. The van der Waals surface area contributed by atoms with E-state index in [1.165, 1.54) is 16.9 Å². The Kier molecular flexibility index (Phi) is 6.16. The molecule has 1 aliphatic rings. The Morgan fingerprint density at radius 3 is 2.43 bits per heavy atom. The van der Waals surface area contributed by atoms with Gasteiger partial charge in [-0.25, -0.2) is 0 Å². The number of anilines is 1. The van der Waals surface area contributed by atoms with Crippen molar-refractivity contribution >= 4 is 35.0 Å². The molecule has 1 heterocycles. The van der Waals surface area contributed by atoms with Crippen molar-refractivity contribution in [2.45, 2.75) is 6.54 Å². The van der Waals surface area contributed by atoms with Crippen LogP contribution in [-0.2, 0) is 20.9 Å². The highest BCUT2D eigenvalue weighted by molar-refractivity contribution is 6.35. The highest BCUT2D eigenvalue weighted by atomic mass is 35.5. The molecule has 2 aromatic rings. The highest BCUT2D eigenvalue weighted by Crippen LogP contribution is 2.27. The number of hydrogen-bond acceptors (Lipinski definition) is 4. The lowest BCUT2D eigenvalue weighted by atomic mass is 10.2. The summed E-state index contributed by atoms with van der Waals surface area (Å²) in [7, 11) is 1.50. The number of methoxy groups -OCH3 is 1. The van der Waals surface area contributed by atoms with E-state index in [4.69, 9.17) is 16.3 Å². The number of nitrogens with one attached hydrogen (secondary N) is 1. The Balaban J connectivity index is 1.56. The molecule has 146 valence electrons. The van der Waals surface area contributed by atoms with E-state index >= 15 is 0 Å². The minimum atomic E-state index is -0.676. The summed E-state index contributed by atoms with van der Waals surface area (Å²) in [6.07, 6.45) is 0. The normalized spacial score (nSPS) is 14.2. The molecule has 28 heavy (non-hydrogen) atoms. The van der Waals surface area contributed by atoms with E-state index in [1.807, 2.05) is 30.3 Å². The van der Waals surface area contributed by atoms with Crippen LogP contribution in [0.1, 0.15) is 5.56 Å². The summed E-state index contributed by atoms with van der Waals surface area (Å²) in [5.74, 6) is -1.19. The number of benzene rings is 2. The number of amides is 3. The smallest absolute Gasteiger partial charge is 0.312 e. The molecule has 1 aliphatic heterocycles. The number of halogens is 1. The first-order valence-electron chi connectivity index (χ1n) is 8.73. The molecule has 1 N–H and O–H groups in total. The Bertz CT molecular complexity index is 888. The van der Waals surface area contributed by atoms with E-state index in [0.717, 1.165) is 5.56 Å². The van der Waals surface area contributed by atoms with Crippen molar-refractivity contribution < 1.29 is 19.1 Å². The molecule has 2 aromatic carbocycles. The van der Waals surface area contributed by atoms with E-state index in [9.17, 15) is 14.4 Å². The van der Waals surface area contributed by atoms with E-state index in [0.29, 0.717) is 36.1 Å². The number of piperazine rings is 1. The molecule has 0 saturated carbocycles. The summed E-state index contributed by atoms with van der Waals surface area (Å²) >= 11 is 6.04. The fourth-order valence-corrected chi connectivity index (χ4v) is 3.20. The van der Waals surface area contributed by atoms with Crippen LogP contribution in [0.5, 0.6) is 5.75 Å². The molecule has 0 unspecified atom stereocenters. The van der Waals surface area contributed by atoms with Crippen LogP contribution in [0, 0.1) is 0 Å². The number of ether oxygens (including phenoxy) is 1. The van der Waals surface area contributed by atoms with Gasteiger partial charge in [0, 0.05) is 25.3 Å². The summed E-state index contributed by atoms with van der Waals surface area (Å²) in [6.45, 7) is 0.846. The van der Waals surface area contributed by atoms with Gasteiger partial charge < -0.3 is 19.9 Å². The van der Waals surface area contributed by atoms with Gasteiger partial charge in [0.25, 0.3) is 0 Å². The topological polar surface area (TPSA) is 79.0 Å². The van der Waals surface area contributed by atoms with Gasteiger partial charge in [0.1, 0.15) is 12.3 Å². The molecule has 0 radical (unpaired) electrons. The van der Waals surface area contributed by atoms with Crippen molar-refractivity contribution in [1.29, 1.82) is 0 Å². The van der Waals surface area contributed by atoms with E-state index in [1.54, 1.807) is 18.2 Å². The number of carbonyl (C=O) groups is 3. The standard InChI is InChI=1S/C20H20ClN3O4/c1-28-17-8-7-15(11-16(17)21)22-18(25)13-24-10-9-23(19(26)20(24)27)12-14-5-3-2-4-6-14/h2-8,11H,9-10,12-13H2,1H3,(H,22,25). The quantitative estimate of drug-likeness (QED) is 0.752. The van der Waals surface area contributed by atoms with Crippen LogP contribution in [0.2, 0.25) is 5.02 Å². The summed E-state index contributed by atoms with van der Waals surface area (Å²) in [6, 6.07) is 14.3. The van der Waals surface area contributed by atoms with E-state index in [2.05, 4.69) is 5.32 Å². The molecule has 0 spiro atoms. The molecular formula is C20H20ClN3O4. The third-order valence-electron chi connectivity index (χ3n) is 4.38. The molecule has 7 nitrogen and oxygen atoms in total. The van der Waals surface area contributed by atoms with Crippen LogP contribution in [0.4, 0.5) is 5.69 Å². The molecule has 3 rings (SSSR count). The molecule has 0 aromatic heterocycles. The molecule has 8 heteroatoms. The molecule has 1 fully saturated rings. The first kappa shape index (κ1) is 19.7. The highest BCUT2D eigenvalue weighted by Gasteiger charge is 2.33. The van der Waals surface area contributed by atoms with Crippen molar-refractivity contribution in [2.24, 2.45) is 0 Å². The van der Waals surface area contributed by atoms with Gasteiger partial charge in [0.15, 0.2) is 0 Å². The zero-order valence-electron chi connectivity index (χ0n) is 15.4. The van der Waals surface area contributed by atoms with Crippen LogP contribution >= 0.6 is 11.6 Å². The lowest BCUT2D eigenvalue weighted by Gasteiger charge is -2.33. The van der Waals surface area contributed by atoms with Crippen molar-refractivity contribution in [3.8, 4) is 5.75 Å². The van der Waals surface area contributed by atoms with Gasteiger partial charge in [0.05, 0.1) is 12.1 Å². The maximum atomic E-state index is 12.4. The van der Waals surface area contributed by atoms with Gasteiger partial charge in [0.2, 0.25) is 5.91 Å². The predicted octanol–water partition coefficient (Wildman–Crippen LogP) is 2.16. The van der Waals surface area contributed by atoms with Crippen molar-refractivity contribution in [2.75, 3.05) is 32.1 Å². The summed E-state index contributed by atoms with van der Waals surface area (Å²) < 4.78 is 5.07. The SMILES string of the molecule is COc1ccc(NC(=O)CN2CCN(Cc3ccccc3)C(=O)C2=O)cc1Cl. The lowest BCUT2D eigenvalue weighted by molar-refractivity contribution is -0.157. The molecule has 1 saturated heterocycles. The van der Waals surface area contributed by atoms with Gasteiger partial charge in [-0.2, -0.15) is 0 Å². The first-order chi connectivity index (χ1) is 13.5. The van der Waals surface area contributed by atoms with Crippen molar-refractivity contribution in [3.63, 3.8) is 0 Å². The molecule has 3 amide bonds. The molecule has 0 bridgehead atoms. The third kappa shape index (κ3) is 4.61. The third-order valence-corrected chi connectivity index (χ3v) is 4.68. The van der Waals surface area contributed by atoms with Crippen LogP contribution in [0.25, 0.3) is 0 Å². The maximum absolute atomic E-state index is 12.4. The Morgan fingerprint density at radius 2 is 1.75 bits per heavy atom. The second-order valence-electron chi connectivity index (χ2n) is 6.34. The minimum Gasteiger partial charge on any atom is -0.495 e.